The van der Waals surface area contributed by atoms with Crippen LogP contribution >= 0.6 is 0 Å². The summed E-state index contributed by atoms with van der Waals surface area (Å²) in [6, 6.07) is 9.79. The molecule has 0 atom stereocenters. The van der Waals surface area contributed by atoms with Crippen LogP contribution in [0.5, 0.6) is 0 Å². The number of likely N-dealkylation sites (N-methyl/N-ethyl adjacent to an activating group) is 1. The topological polar surface area (TPSA) is 38.6 Å². The molecule has 0 aromatic heterocycles. The number of nitrogens with zero attached hydrogens (tertiary/aromatic N) is 3. The van der Waals surface area contributed by atoms with Crippen LogP contribution in [0, 0.1) is 12.3 Å². The first-order valence-corrected chi connectivity index (χ1v) is 9.76. The van der Waals surface area contributed by atoms with Gasteiger partial charge in [0.1, 0.15) is 11.4 Å². The molecule has 0 spiro atoms. The highest BCUT2D eigenvalue weighted by molar-refractivity contribution is 5.86. The van der Waals surface area contributed by atoms with Gasteiger partial charge < -0.3 is 4.90 Å². The lowest BCUT2D eigenvalue weighted by Gasteiger charge is -2.32. The van der Waals surface area contributed by atoms with Gasteiger partial charge in [0.2, 0.25) is 0 Å². The van der Waals surface area contributed by atoms with E-state index in [4.69, 9.17) is 6.42 Å². The molecule has 1 saturated heterocycles. The number of benzene rings is 2. The minimum Gasteiger partial charge on any atom is -0.304 e. The highest BCUT2D eigenvalue weighted by Gasteiger charge is 2.35. The fourth-order valence-electron chi connectivity index (χ4n) is 3.38. The third-order valence-electron chi connectivity index (χ3n) is 5.23. The number of carbonyl (C=O) groups is 1. The van der Waals surface area contributed by atoms with Crippen molar-refractivity contribution in [3.8, 4) is 12.3 Å². The predicted octanol–water partition coefficient (Wildman–Crippen LogP) is 4.01. The molecule has 0 saturated carbocycles. The number of alkyl halides is 3. The van der Waals surface area contributed by atoms with Gasteiger partial charge >= 0.3 is 12.2 Å². The normalized spacial score (nSPS) is 15.3. The van der Waals surface area contributed by atoms with Crippen LogP contribution in [0.25, 0.3) is 0 Å². The number of piperazine rings is 1. The van der Waals surface area contributed by atoms with Crippen molar-refractivity contribution in [3.63, 3.8) is 0 Å². The molecule has 2 aromatic carbocycles. The van der Waals surface area contributed by atoms with Gasteiger partial charge in [-0.2, -0.15) is 22.5 Å². The zero-order valence-electron chi connectivity index (χ0n) is 17.2. The van der Waals surface area contributed by atoms with Crippen LogP contribution in [0.3, 0.4) is 0 Å². The summed E-state index contributed by atoms with van der Waals surface area (Å²) in [5, 5.41) is 2.59. The van der Waals surface area contributed by atoms with Crippen molar-refractivity contribution < 1.29 is 22.5 Å². The number of halogens is 3. The molecule has 2 aromatic rings. The molecule has 162 valence electrons. The van der Waals surface area contributed by atoms with Gasteiger partial charge in [-0.25, -0.2) is 5.32 Å². The standard InChI is InChI=1S/C23H23F3N4O/c1-4-17-6-5-7-19(14-17)27-22(31)29(3)20-9-8-18(21(15-20)23(24,25)26)16-30-12-10-28(2)11-13-30/h1,5-9,14-15H,3,10-13,16H2,2H3/p+1. The number of nitrogens with one attached hydrogen (secondary N) is 1. The number of terminal acetylenes is 1. The number of rotatable bonds is 4. The Hall–Kier alpha value is -3.15. The average Bonchev–Trinajstić information content (AvgIpc) is 2.74. The third-order valence-corrected chi connectivity index (χ3v) is 5.23. The molecule has 0 radical (unpaired) electrons. The second-order valence-corrected chi connectivity index (χ2v) is 7.50. The molecule has 0 bridgehead atoms. The van der Waals surface area contributed by atoms with Crippen molar-refractivity contribution >= 4 is 24.1 Å². The van der Waals surface area contributed by atoms with E-state index >= 15 is 0 Å². The van der Waals surface area contributed by atoms with Crippen LogP contribution < -0.4 is 5.32 Å². The molecule has 8 heteroatoms. The summed E-state index contributed by atoms with van der Waals surface area (Å²) in [5.74, 6) is 2.46. The largest absolute Gasteiger partial charge is 0.500 e. The molecular formula is C23H24F3N4O+. The monoisotopic (exact) mass is 429 g/mol. The van der Waals surface area contributed by atoms with Crippen molar-refractivity contribution in [1.29, 1.82) is 0 Å². The van der Waals surface area contributed by atoms with E-state index in [1.165, 1.54) is 12.1 Å². The second kappa shape index (κ2) is 9.33. The number of hydrogen-bond donors (Lipinski definition) is 1. The summed E-state index contributed by atoms with van der Waals surface area (Å²) in [6.07, 6.45) is 0.803. The number of hydrogen-bond acceptors (Lipinski definition) is 3. The molecule has 2 amide bonds. The zero-order chi connectivity index (χ0) is 22.6. The molecule has 1 fully saturated rings. The first-order chi connectivity index (χ1) is 14.7. The molecule has 1 aliphatic heterocycles. The van der Waals surface area contributed by atoms with Gasteiger partial charge in [-0.3, -0.25) is 4.90 Å². The van der Waals surface area contributed by atoms with E-state index < -0.39 is 17.8 Å². The average molecular weight is 429 g/mol. The van der Waals surface area contributed by atoms with Crippen LogP contribution in [-0.4, -0.2) is 60.4 Å². The minimum atomic E-state index is -4.55. The lowest BCUT2D eigenvalue weighted by molar-refractivity contribution is -0.316. The lowest BCUT2D eigenvalue weighted by atomic mass is 10.0. The summed E-state index contributed by atoms with van der Waals surface area (Å²) < 4.78 is 42.2. The van der Waals surface area contributed by atoms with Crippen molar-refractivity contribution in [1.82, 2.24) is 9.80 Å². The molecule has 5 nitrogen and oxygen atoms in total. The summed E-state index contributed by atoms with van der Waals surface area (Å²) in [4.78, 5) is 16.7. The molecule has 1 N–H and O–H groups in total. The summed E-state index contributed by atoms with van der Waals surface area (Å²) in [5.41, 5.74) is 0.453. The lowest BCUT2D eigenvalue weighted by Crippen LogP contribution is -2.44. The molecule has 0 unspecified atom stereocenters. The fourth-order valence-corrected chi connectivity index (χ4v) is 3.38. The smallest absolute Gasteiger partial charge is 0.304 e. The molecular weight excluding hydrogens is 405 g/mol. The van der Waals surface area contributed by atoms with Gasteiger partial charge in [0.15, 0.2) is 0 Å². The summed E-state index contributed by atoms with van der Waals surface area (Å²) >= 11 is 0. The molecule has 0 aliphatic carbocycles. The Morgan fingerprint density at radius 2 is 1.90 bits per heavy atom. The second-order valence-electron chi connectivity index (χ2n) is 7.50. The van der Waals surface area contributed by atoms with Gasteiger partial charge in [-0.1, -0.05) is 18.1 Å². The van der Waals surface area contributed by atoms with Crippen molar-refractivity contribution in [2.24, 2.45) is 0 Å². The van der Waals surface area contributed by atoms with E-state index in [1.807, 2.05) is 11.9 Å². The quantitative estimate of drug-likeness (QED) is 0.454. The Morgan fingerprint density at radius 1 is 1.19 bits per heavy atom. The Kier molecular flexibility index (Phi) is 6.78. The van der Waals surface area contributed by atoms with Gasteiger partial charge in [0.25, 0.3) is 0 Å². The molecule has 1 heterocycles. The number of carbonyl (C=O) groups excluding carboxylic acids is 1. The van der Waals surface area contributed by atoms with E-state index in [1.54, 1.807) is 24.3 Å². The zero-order valence-corrected chi connectivity index (χ0v) is 17.2. The van der Waals surface area contributed by atoms with E-state index in [0.29, 0.717) is 24.3 Å². The Labute approximate surface area is 179 Å². The Balaban J connectivity index is 1.80. The van der Waals surface area contributed by atoms with Crippen LogP contribution in [-0.2, 0) is 12.7 Å². The first-order valence-electron chi connectivity index (χ1n) is 9.76. The predicted molar refractivity (Wildman–Crippen MR) is 115 cm³/mol. The van der Waals surface area contributed by atoms with Gasteiger partial charge in [0.05, 0.1) is 12.3 Å². The fraction of sp³-hybridized carbons (Fsp3) is 0.304. The highest BCUT2D eigenvalue weighted by Crippen LogP contribution is 2.35. The third kappa shape index (κ3) is 5.72. The van der Waals surface area contributed by atoms with Gasteiger partial charge in [0, 0.05) is 44.4 Å². The van der Waals surface area contributed by atoms with Gasteiger partial charge in [-0.05, 0) is 36.9 Å². The van der Waals surface area contributed by atoms with E-state index in [9.17, 15) is 18.0 Å². The number of amides is 2. The Morgan fingerprint density at radius 3 is 2.55 bits per heavy atom. The minimum absolute atomic E-state index is 0.0417. The van der Waals surface area contributed by atoms with E-state index in [0.717, 1.165) is 23.7 Å². The van der Waals surface area contributed by atoms with Crippen molar-refractivity contribution in [3.05, 3.63) is 59.2 Å². The Bertz CT molecular complexity index is 1020. The maximum Gasteiger partial charge on any atom is 0.500 e. The molecule has 1 aliphatic rings. The summed E-state index contributed by atoms with van der Waals surface area (Å²) in [7, 11) is 1.99. The maximum atomic E-state index is 13.8. The molecule has 31 heavy (non-hydrogen) atoms. The van der Waals surface area contributed by atoms with Crippen molar-refractivity contribution in [2.45, 2.75) is 12.7 Å². The van der Waals surface area contributed by atoms with E-state index in [-0.39, 0.29) is 17.8 Å². The van der Waals surface area contributed by atoms with Crippen LogP contribution in [0.4, 0.5) is 29.3 Å². The number of urea groups is 1. The maximum absolute atomic E-state index is 13.8. The first kappa shape index (κ1) is 22.5. The summed E-state index contributed by atoms with van der Waals surface area (Å²) in [6.45, 7) is 6.86. The SMILES string of the molecule is C#Cc1cccc(NC(=O)[N+](=C)c2ccc(CN3CCN(C)CC3)c(C(F)(F)F)c2)c1. The van der Waals surface area contributed by atoms with Crippen LogP contribution in [0.1, 0.15) is 16.7 Å². The number of anilines is 1. The van der Waals surface area contributed by atoms with Crippen LogP contribution in [0.2, 0.25) is 0 Å². The van der Waals surface area contributed by atoms with Crippen LogP contribution in [0.15, 0.2) is 42.5 Å². The molecule has 3 rings (SSSR count). The van der Waals surface area contributed by atoms with Crippen molar-refractivity contribution in [2.75, 3.05) is 38.5 Å². The van der Waals surface area contributed by atoms with E-state index in [2.05, 4.69) is 22.9 Å². The highest BCUT2D eigenvalue weighted by atomic mass is 19.4. The van der Waals surface area contributed by atoms with Gasteiger partial charge in [-0.15, -0.1) is 6.42 Å².